The zero-order valence-corrected chi connectivity index (χ0v) is 14.0. The highest BCUT2D eigenvalue weighted by Crippen LogP contribution is 2.32. The van der Waals surface area contributed by atoms with E-state index in [-0.39, 0.29) is 4.90 Å². The Morgan fingerprint density at radius 3 is 2.39 bits per heavy atom. The van der Waals surface area contributed by atoms with Crippen molar-refractivity contribution in [1.82, 2.24) is 4.31 Å². The first-order valence-corrected chi connectivity index (χ1v) is 8.60. The largest absolute Gasteiger partial charge is 0.493 e. The lowest BCUT2D eigenvalue weighted by Gasteiger charge is -2.22. The molecule has 124 valence electrons. The van der Waals surface area contributed by atoms with E-state index in [2.05, 4.69) is 0 Å². The van der Waals surface area contributed by atoms with Crippen LogP contribution in [0.25, 0.3) is 10.8 Å². The molecule has 6 nitrogen and oxygen atoms in total. The molecule has 1 unspecified atom stereocenters. The van der Waals surface area contributed by atoms with Gasteiger partial charge in [-0.3, -0.25) is 4.79 Å². The van der Waals surface area contributed by atoms with E-state index in [0.717, 1.165) is 4.31 Å². The van der Waals surface area contributed by atoms with Crippen LogP contribution in [0, 0.1) is 0 Å². The highest BCUT2D eigenvalue weighted by atomic mass is 32.2. The van der Waals surface area contributed by atoms with Crippen molar-refractivity contribution in [3.63, 3.8) is 0 Å². The minimum Gasteiger partial charge on any atom is -0.493 e. The Bertz CT molecular complexity index is 831. The van der Waals surface area contributed by atoms with Gasteiger partial charge in [0.05, 0.1) is 11.5 Å². The number of carboxylic acid groups (broad SMARTS) is 1. The number of fused-ring (bicyclic) bond motifs is 1. The molecular formula is C16H19NO5S. The zero-order chi connectivity index (χ0) is 17.2. The van der Waals surface area contributed by atoms with Crippen molar-refractivity contribution < 1.29 is 23.1 Å². The van der Waals surface area contributed by atoms with Gasteiger partial charge < -0.3 is 9.84 Å². The molecule has 0 saturated carbocycles. The molecule has 1 atom stereocenters. The molecule has 7 heteroatoms. The Balaban J connectivity index is 2.64. The van der Waals surface area contributed by atoms with Crippen LogP contribution < -0.4 is 4.74 Å². The summed E-state index contributed by atoms with van der Waals surface area (Å²) in [5.41, 5.74) is 0. The number of hydrogen-bond donors (Lipinski definition) is 1. The summed E-state index contributed by atoms with van der Waals surface area (Å²) in [6, 6.07) is 8.88. The lowest BCUT2D eigenvalue weighted by molar-refractivity contribution is -0.140. The second-order valence-electron chi connectivity index (χ2n) is 5.08. The standard InChI is InChI=1S/C16H19NO5S/c1-4-22-14-9-10-15(13-8-6-5-7-12(13)14)23(20,21)17(3)11(2)16(18)19/h5-11H,4H2,1-3H3,(H,18,19). The molecule has 0 spiro atoms. The Labute approximate surface area is 135 Å². The van der Waals surface area contributed by atoms with E-state index < -0.39 is 22.0 Å². The fourth-order valence-electron chi connectivity index (χ4n) is 2.27. The zero-order valence-electron chi connectivity index (χ0n) is 13.2. The molecule has 2 aromatic rings. The summed E-state index contributed by atoms with van der Waals surface area (Å²) in [6.07, 6.45) is 0. The number of carbonyl (C=O) groups is 1. The molecule has 0 aliphatic carbocycles. The summed E-state index contributed by atoms with van der Waals surface area (Å²) in [7, 11) is -2.68. The van der Waals surface area contributed by atoms with Crippen molar-refractivity contribution in [2.75, 3.05) is 13.7 Å². The van der Waals surface area contributed by atoms with Crippen molar-refractivity contribution in [3.05, 3.63) is 36.4 Å². The topological polar surface area (TPSA) is 83.9 Å². The molecule has 2 rings (SSSR count). The van der Waals surface area contributed by atoms with Gasteiger partial charge in [0, 0.05) is 17.8 Å². The van der Waals surface area contributed by atoms with Crippen molar-refractivity contribution in [2.24, 2.45) is 0 Å². The molecule has 0 aliphatic heterocycles. The lowest BCUT2D eigenvalue weighted by Crippen LogP contribution is -2.40. The van der Waals surface area contributed by atoms with E-state index in [1.165, 1.54) is 20.0 Å². The number of rotatable bonds is 6. The Kier molecular flexibility index (Phi) is 4.91. The maximum Gasteiger partial charge on any atom is 0.321 e. The Hall–Kier alpha value is -2.12. The number of aliphatic carboxylic acids is 1. The van der Waals surface area contributed by atoms with Crippen LogP contribution in [0.15, 0.2) is 41.3 Å². The predicted octanol–water partition coefficient (Wildman–Crippen LogP) is 2.33. The highest BCUT2D eigenvalue weighted by molar-refractivity contribution is 7.89. The third-order valence-corrected chi connectivity index (χ3v) is 5.69. The number of ether oxygens (including phenoxy) is 1. The van der Waals surface area contributed by atoms with Crippen LogP contribution >= 0.6 is 0 Å². The molecule has 2 aromatic carbocycles. The van der Waals surface area contributed by atoms with Crippen LogP contribution in [0.2, 0.25) is 0 Å². The summed E-state index contributed by atoms with van der Waals surface area (Å²) in [5, 5.41) is 10.2. The molecule has 0 aliphatic rings. The number of likely N-dealkylation sites (N-methyl/N-ethyl adjacent to an activating group) is 1. The quantitative estimate of drug-likeness (QED) is 0.874. The predicted molar refractivity (Wildman–Crippen MR) is 87.2 cm³/mol. The van der Waals surface area contributed by atoms with Crippen molar-refractivity contribution in [1.29, 1.82) is 0 Å². The van der Waals surface area contributed by atoms with Crippen LogP contribution in [-0.4, -0.2) is 43.5 Å². The van der Waals surface area contributed by atoms with Gasteiger partial charge in [0.15, 0.2) is 0 Å². The summed E-state index contributed by atoms with van der Waals surface area (Å²) in [4.78, 5) is 11.2. The minimum absolute atomic E-state index is 0.0622. The van der Waals surface area contributed by atoms with E-state index >= 15 is 0 Å². The molecule has 0 heterocycles. The second kappa shape index (κ2) is 6.55. The smallest absolute Gasteiger partial charge is 0.321 e. The van der Waals surface area contributed by atoms with Crippen LogP contribution in [0.5, 0.6) is 5.75 Å². The van der Waals surface area contributed by atoms with Gasteiger partial charge in [-0.05, 0) is 26.0 Å². The van der Waals surface area contributed by atoms with E-state index in [1.54, 1.807) is 30.3 Å². The third kappa shape index (κ3) is 3.16. The van der Waals surface area contributed by atoms with Gasteiger partial charge in [0.2, 0.25) is 10.0 Å². The third-order valence-electron chi connectivity index (χ3n) is 3.70. The van der Waals surface area contributed by atoms with Gasteiger partial charge in [-0.1, -0.05) is 24.3 Å². The number of sulfonamides is 1. The van der Waals surface area contributed by atoms with Crippen LogP contribution in [0.1, 0.15) is 13.8 Å². The molecule has 0 saturated heterocycles. The normalized spacial score (nSPS) is 13.2. The molecule has 0 bridgehead atoms. The van der Waals surface area contributed by atoms with Crippen LogP contribution in [0.4, 0.5) is 0 Å². The van der Waals surface area contributed by atoms with Crippen molar-refractivity contribution in [3.8, 4) is 5.75 Å². The van der Waals surface area contributed by atoms with E-state index in [1.807, 2.05) is 6.92 Å². The van der Waals surface area contributed by atoms with Gasteiger partial charge in [-0.2, -0.15) is 4.31 Å². The number of carboxylic acids is 1. The van der Waals surface area contributed by atoms with Crippen molar-refractivity contribution >= 4 is 26.8 Å². The number of hydrogen-bond acceptors (Lipinski definition) is 4. The van der Waals surface area contributed by atoms with Crippen molar-refractivity contribution in [2.45, 2.75) is 24.8 Å². The SMILES string of the molecule is CCOc1ccc(S(=O)(=O)N(C)C(C)C(=O)O)c2ccccc12. The maximum absolute atomic E-state index is 12.8. The molecule has 0 radical (unpaired) electrons. The molecule has 0 amide bonds. The second-order valence-corrected chi connectivity index (χ2v) is 7.04. The molecule has 0 fully saturated rings. The van der Waals surface area contributed by atoms with Gasteiger partial charge >= 0.3 is 5.97 Å². The monoisotopic (exact) mass is 337 g/mol. The fourth-order valence-corrected chi connectivity index (χ4v) is 3.78. The maximum atomic E-state index is 12.8. The van der Waals surface area contributed by atoms with Crippen LogP contribution in [0.3, 0.4) is 0 Å². The van der Waals surface area contributed by atoms with Gasteiger partial charge in [0.1, 0.15) is 11.8 Å². The average molecular weight is 337 g/mol. The molecule has 23 heavy (non-hydrogen) atoms. The summed E-state index contributed by atoms with van der Waals surface area (Å²) in [6.45, 7) is 3.64. The summed E-state index contributed by atoms with van der Waals surface area (Å²) >= 11 is 0. The first-order valence-electron chi connectivity index (χ1n) is 7.16. The van der Waals surface area contributed by atoms with Gasteiger partial charge in [0.25, 0.3) is 0 Å². The molecular weight excluding hydrogens is 318 g/mol. The van der Waals surface area contributed by atoms with Gasteiger partial charge in [-0.15, -0.1) is 0 Å². The lowest BCUT2D eigenvalue weighted by atomic mass is 10.1. The summed E-state index contributed by atoms with van der Waals surface area (Å²) < 4.78 is 32.0. The molecule has 0 aromatic heterocycles. The summed E-state index contributed by atoms with van der Waals surface area (Å²) in [5.74, 6) is -0.609. The van der Waals surface area contributed by atoms with Crippen LogP contribution in [-0.2, 0) is 14.8 Å². The average Bonchev–Trinajstić information content (AvgIpc) is 2.53. The number of nitrogens with zero attached hydrogens (tertiary/aromatic N) is 1. The highest BCUT2D eigenvalue weighted by Gasteiger charge is 2.31. The Morgan fingerprint density at radius 2 is 1.83 bits per heavy atom. The fraction of sp³-hybridized carbons (Fsp3) is 0.312. The Morgan fingerprint density at radius 1 is 1.22 bits per heavy atom. The van der Waals surface area contributed by atoms with Gasteiger partial charge in [-0.25, -0.2) is 8.42 Å². The number of benzene rings is 2. The first-order chi connectivity index (χ1) is 10.8. The van der Waals surface area contributed by atoms with E-state index in [9.17, 15) is 13.2 Å². The van der Waals surface area contributed by atoms with E-state index in [0.29, 0.717) is 23.1 Å². The minimum atomic E-state index is -3.94. The molecule has 1 N–H and O–H groups in total. The van der Waals surface area contributed by atoms with E-state index in [4.69, 9.17) is 9.84 Å². The first kappa shape index (κ1) is 17.2.